The molecule has 2 N–H and O–H groups in total. The normalized spacial score (nSPS) is 18.9. The Kier molecular flexibility index (Phi) is 7.42. The Morgan fingerprint density at radius 1 is 0.933 bits per heavy atom. The van der Waals surface area contributed by atoms with Gasteiger partial charge in [-0.25, -0.2) is 4.90 Å². The molecular formula is C34H27N3O6S2. The minimum Gasteiger partial charge on any atom is -0.493 e. The molecular weight excluding hydrogens is 611 g/mol. The molecule has 45 heavy (non-hydrogen) atoms. The van der Waals surface area contributed by atoms with Gasteiger partial charge in [0.25, 0.3) is 5.91 Å². The first-order chi connectivity index (χ1) is 21.8. The second-order valence-electron chi connectivity index (χ2n) is 10.9. The van der Waals surface area contributed by atoms with Crippen LogP contribution in [0.1, 0.15) is 21.9 Å². The van der Waals surface area contributed by atoms with Gasteiger partial charge in [0.05, 0.1) is 23.7 Å². The lowest BCUT2D eigenvalue weighted by atomic mass is 9.83. The number of aryl methyl sites for hydroxylation is 1. The van der Waals surface area contributed by atoms with E-state index in [-0.39, 0.29) is 29.2 Å². The van der Waals surface area contributed by atoms with E-state index in [0.29, 0.717) is 38.3 Å². The van der Waals surface area contributed by atoms with Crippen LogP contribution in [0.3, 0.4) is 0 Å². The summed E-state index contributed by atoms with van der Waals surface area (Å²) in [4.78, 5) is 57.5. The first-order valence-corrected chi connectivity index (χ1v) is 15.9. The number of thiazole rings is 1. The number of fused-ring (bicyclic) bond motifs is 3. The molecule has 226 valence electrons. The molecule has 0 bridgehead atoms. The summed E-state index contributed by atoms with van der Waals surface area (Å²) in [5.74, 6) is -1.57. The Labute approximate surface area is 266 Å². The molecule has 3 amide bonds. The van der Waals surface area contributed by atoms with Gasteiger partial charge in [-0.15, -0.1) is 0 Å². The highest BCUT2D eigenvalue weighted by Gasteiger charge is 2.56. The smallest absolute Gasteiger partial charge is 0.305 e. The number of amides is 3. The summed E-state index contributed by atoms with van der Waals surface area (Å²) in [6.07, 6.45) is 0. The fourth-order valence-corrected chi connectivity index (χ4v) is 8.50. The van der Waals surface area contributed by atoms with Crippen molar-refractivity contribution in [3.63, 3.8) is 0 Å². The highest BCUT2D eigenvalue weighted by molar-refractivity contribution is 8.00. The summed E-state index contributed by atoms with van der Waals surface area (Å²) >= 11 is 2.27. The summed E-state index contributed by atoms with van der Waals surface area (Å²) < 4.78 is 11.5. The van der Waals surface area contributed by atoms with Crippen LogP contribution in [0.4, 0.5) is 11.4 Å². The summed E-state index contributed by atoms with van der Waals surface area (Å²) in [7, 11) is 1.49. The average Bonchev–Trinajstić information content (AvgIpc) is 3.54. The Hall–Kier alpha value is -4.87. The van der Waals surface area contributed by atoms with Gasteiger partial charge in [-0.05, 0) is 48.2 Å². The number of hydrogen-bond donors (Lipinski definition) is 2. The van der Waals surface area contributed by atoms with Gasteiger partial charge in [-0.1, -0.05) is 83.3 Å². The molecule has 3 heterocycles. The van der Waals surface area contributed by atoms with Crippen LogP contribution in [0.25, 0.3) is 10.8 Å². The minimum absolute atomic E-state index is 0.253. The second kappa shape index (κ2) is 11.6. The Bertz CT molecular complexity index is 2030. The molecule has 0 radical (unpaired) electrons. The minimum atomic E-state index is -0.731. The van der Waals surface area contributed by atoms with Crippen LogP contribution in [0.2, 0.25) is 0 Å². The maximum Gasteiger partial charge on any atom is 0.305 e. The van der Waals surface area contributed by atoms with E-state index < -0.39 is 17.1 Å². The highest BCUT2D eigenvalue weighted by atomic mass is 32.2. The number of hydrogen-bond acceptors (Lipinski definition) is 8. The number of imide groups is 1. The maximum atomic E-state index is 14.0. The van der Waals surface area contributed by atoms with Crippen LogP contribution in [-0.4, -0.2) is 41.7 Å². The fourth-order valence-electron chi connectivity index (χ4n) is 5.99. The molecule has 1 fully saturated rings. The topological polar surface area (TPSA) is 118 Å². The van der Waals surface area contributed by atoms with Gasteiger partial charge in [0.1, 0.15) is 5.25 Å². The summed E-state index contributed by atoms with van der Waals surface area (Å²) in [5, 5.41) is 4.73. The first-order valence-electron chi connectivity index (χ1n) is 14.2. The summed E-state index contributed by atoms with van der Waals surface area (Å²) in [6.45, 7) is 1.68. The van der Waals surface area contributed by atoms with Crippen LogP contribution in [-0.2, 0) is 14.4 Å². The number of thioether (sulfide) groups is 1. The van der Waals surface area contributed by atoms with Crippen LogP contribution < -0.4 is 24.6 Å². The summed E-state index contributed by atoms with van der Waals surface area (Å²) in [5.41, 5.74) is 2.91. The van der Waals surface area contributed by atoms with Gasteiger partial charge >= 0.3 is 4.87 Å². The lowest BCUT2D eigenvalue weighted by Crippen LogP contribution is -2.32. The van der Waals surface area contributed by atoms with Gasteiger partial charge in [-0.2, -0.15) is 0 Å². The molecule has 0 aliphatic carbocycles. The first kappa shape index (κ1) is 28.9. The van der Waals surface area contributed by atoms with Gasteiger partial charge in [0.15, 0.2) is 18.1 Å². The molecule has 9 nitrogen and oxygen atoms in total. The highest BCUT2D eigenvalue weighted by Crippen LogP contribution is 2.53. The molecule has 3 atom stereocenters. The van der Waals surface area contributed by atoms with E-state index in [0.717, 1.165) is 27.7 Å². The van der Waals surface area contributed by atoms with Crippen LogP contribution in [0.15, 0.2) is 94.7 Å². The van der Waals surface area contributed by atoms with Crippen molar-refractivity contribution in [3.05, 3.63) is 111 Å². The number of nitrogens with zero attached hydrogens (tertiary/aromatic N) is 1. The number of methoxy groups -OCH3 is 1. The molecule has 4 aromatic carbocycles. The molecule has 0 saturated carbocycles. The number of aromatic amines is 1. The molecule has 2 aliphatic rings. The van der Waals surface area contributed by atoms with Gasteiger partial charge in [0, 0.05) is 21.9 Å². The number of aromatic nitrogens is 1. The van der Waals surface area contributed by atoms with Gasteiger partial charge in [-0.3, -0.25) is 19.2 Å². The molecule has 0 spiro atoms. The van der Waals surface area contributed by atoms with Crippen molar-refractivity contribution in [3.8, 4) is 11.5 Å². The maximum absolute atomic E-state index is 14.0. The average molecular weight is 638 g/mol. The van der Waals surface area contributed by atoms with Crippen molar-refractivity contribution in [2.45, 2.75) is 23.1 Å². The lowest BCUT2D eigenvalue weighted by molar-refractivity contribution is -0.122. The van der Waals surface area contributed by atoms with E-state index in [2.05, 4.69) is 10.3 Å². The number of carbonyl (C=O) groups is 3. The zero-order chi connectivity index (χ0) is 31.2. The van der Waals surface area contributed by atoms with E-state index in [1.165, 1.54) is 23.8 Å². The second-order valence-corrected chi connectivity index (χ2v) is 13.0. The predicted octanol–water partition coefficient (Wildman–Crippen LogP) is 5.72. The van der Waals surface area contributed by atoms with Crippen molar-refractivity contribution in [1.29, 1.82) is 0 Å². The third kappa shape index (κ3) is 5.17. The number of nitrogens with one attached hydrogen (secondary N) is 2. The number of ether oxygens (including phenoxy) is 2. The van der Waals surface area contributed by atoms with Crippen LogP contribution in [0, 0.1) is 12.8 Å². The quantitative estimate of drug-likeness (QED) is 0.219. The van der Waals surface area contributed by atoms with Crippen molar-refractivity contribution in [2.75, 3.05) is 23.9 Å². The van der Waals surface area contributed by atoms with E-state index >= 15 is 0 Å². The molecule has 2 aliphatic heterocycles. The molecule has 1 saturated heterocycles. The predicted molar refractivity (Wildman–Crippen MR) is 175 cm³/mol. The molecule has 1 aromatic heterocycles. The fraction of sp³-hybridized carbons (Fsp3) is 0.176. The van der Waals surface area contributed by atoms with Crippen molar-refractivity contribution < 1.29 is 23.9 Å². The monoisotopic (exact) mass is 637 g/mol. The van der Waals surface area contributed by atoms with Crippen LogP contribution in [0.5, 0.6) is 11.5 Å². The lowest BCUT2D eigenvalue weighted by Gasteiger charge is -2.30. The van der Waals surface area contributed by atoms with Crippen molar-refractivity contribution in [2.24, 2.45) is 5.92 Å². The van der Waals surface area contributed by atoms with E-state index in [4.69, 9.17) is 9.47 Å². The van der Waals surface area contributed by atoms with Gasteiger partial charge in [0.2, 0.25) is 11.8 Å². The van der Waals surface area contributed by atoms with Crippen molar-refractivity contribution >= 4 is 63.0 Å². The molecule has 7 rings (SSSR count). The molecule has 0 unspecified atom stereocenters. The van der Waals surface area contributed by atoms with Gasteiger partial charge < -0.3 is 19.8 Å². The standard InChI is InChI=1S/C34H27N3O6S2/c1-18-10-13-21(14-11-18)37-32(39)28-27(29-31(36-34(41)45-29)44-30(28)33(37)40)20-12-15-24(25(16-20)42-2)43-17-26(38)35-23-9-5-7-19-6-3-4-8-22(19)23/h3-16,27-28,30H,17H2,1-2H3,(H,35,38)(H,36,41)/t27-,28-,30+/m0/s1. The number of carbonyl (C=O) groups excluding carboxylic acids is 3. The largest absolute Gasteiger partial charge is 0.493 e. The molecule has 11 heteroatoms. The Morgan fingerprint density at radius 3 is 2.51 bits per heavy atom. The number of H-pyrrole nitrogens is 1. The van der Waals surface area contributed by atoms with E-state index in [1.807, 2.05) is 61.5 Å². The number of benzene rings is 4. The zero-order valence-electron chi connectivity index (χ0n) is 24.2. The van der Waals surface area contributed by atoms with E-state index in [9.17, 15) is 19.2 Å². The van der Waals surface area contributed by atoms with Crippen molar-refractivity contribution in [1.82, 2.24) is 4.98 Å². The van der Waals surface area contributed by atoms with Crippen LogP contribution >= 0.6 is 23.1 Å². The van der Waals surface area contributed by atoms with E-state index in [1.54, 1.807) is 30.3 Å². The third-order valence-corrected chi connectivity index (χ3v) is 10.5. The number of rotatable bonds is 7. The number of anilines is 2. The Morgan fingerprint density at radius 2 is 1.71 bits per heavy atom. The third-order valence-electron chi connectivity index (χ3n) is 8.09. The zero-order valence-corrected chi connectivity index (χ0v) is 25.9. The summed E-state index contributed by atoms with van der Waals surface area (Å²) in [6, 6.07) is 26.0. The SMILES string of the molecule is COc1cc([C@@H]2c3sc(=O)[nH]c3S[C@H]3C(=O)N(c4ccc(C)cc4)C(=O)[C@@H]23)ccc1OCC(=O)Nc1cccc2ccccc12. The Balaban J connectivity index is 1.16. The molecule has 5 aromatic rings.